The molecular formula is C25H26N4O4. The molecular weight excluding hydrogens is 420 g/mol. The van der Waals surface area contributed by atoms with E-state index < -0.39 is 0 Å². The number of carbonyl (C=O) groups excluding carboxylic acids is 1. The molecule has 0 saturated heterocycles. The van der Waals surface area contributed by atoms with Crippen LogP contribution in [0.3, 0.4) is 0 Å². The summed E-state index contributed by atoms with van der Waals surface area (Å²) in [5.41, 5.74) is 3.25. The third-order valence-electron chi connectivity index (χ3n) is 5.29. The normalized spacial score (nSPS) is 11.0. The number of hydrogen-bond acceptors (Lipinski definition) is 6. The number of methoxy groups -OCH3 is 3. The third kappa shape index (κ3) is 4.19. The van der Waals surface area contributed by atoms with Crippen LogP contribution in [-0.2, 0) is 0 Å². The van der Waals surface area contributed by atoms with Gasteiger partial charge in [0.05, 0.1) is 44.2 Å². The highest BCUT2D eigenvalue weighted by atomic mass is 16.5. The average molecular weight is 447 g/mol. The first-order valence-corrected chi connectivity index (χ1v) is 10.5. The van der Waals surface area contributed by atoms with Crippen molar-refractivity contribution in [2.75, 3.05) is 26.6 Å². The smallest absolute Gasteiger partial charge is 0.256 e. The van der Waals surface area contributed by atoms with Crippen LogP contribution in [0.1, 0.15) is 30.2 Å². The zero-order valence-corrected chi connectivity index (χ0v) is 19.2. The molecule has 0 spiro atoms. The summed E-state index contributed by atoms with van der Waals surface area (Å²) in [4.78, 5) is 18.3. The number of rotatable bonds is 7. The van der Waals surface area contributed by atoms with E-state index >= 15 is 0 Å². The molecule has 0 unspecified atom stereocenters. The summed E-state index contributed by atoms with van der Waals surface area (Å²) >= 11 is 0. The van der Waals surface area contributed by atoms with Crippen molar-refractivity contribution in [3.05, 3.63) is 60.3 Å². The van der Waals surface area contributed by atoms with Crippen molar-refractivity contribution in [1.29, 1.82) is 0 Å². The molecule has 1 amide bonds. The first-order valence-electron chi connectivity index (χ1n) is 10.5. The van der Waals surface area contributed by atoms with Gasteiger partial charge in [-0.2, -0.15) is 5.10 Å². The molecule has 33 heavy (non-hydrogen) atoms. The number of amides is 1. The Balaban J connectivity index is 1.81. The molecule has 8 heteroatoms. The Bertz CT molecular complexity index is 1270. The van der Waals surface area contributed by atoms with Gasteiger partial charge in [0.1, 0.15) is 0 Å². The predicted molar refractivity (Wildman–Crippen MR) is 127 cm³/mol. The Kier molecular flexibility index (Phi) is 6.17. The SMILES string of the molecule is COc1cc(NC(=O)c2cc(-c3ccccc3)nc3c2cnn3C(C)C)cc(OC)c1OC. The maximum atomic E-state index is 13.5. The predicted octanol–water partition coefficient (Wildman–Crippen LogP) is 4.96. The fraction of sp³-hybridized carbons (Fsp3) is 0.240. The molecule has 0 aliphatic rings. The molecule has 0 bridgehead atoms. The average Bonchev–Trinajstić information content (AvgIpc) is 3.27. The maximum absolute atomic E-state index is 13.5. The molecule has 8 nitrogen and oxygen atoms in total. The Morgan fingerprint density at radius 3 is 2.21 bits per heavy atom. The van der Waals surface area contributed by atoms with Gasteiger partial charge < -0.3 is 19.5 Å². The van der Waals surface area contributed by atoms with Gasteiger partial charge in [-0.15, -0.1) is 0 Å². The van der Waals surface area contributed by atoms with Crippen molar-refractivity contribution >= 4 is 22.6 Å². The van der Waals surface area contributed by atoms with E-state index in [1.165, 1.54) is 21.3 Å². The van der Waals surface area contributed by atoms with Crippen molar-refractivity contribution in [2.45, 2.75) is 19.9 Å². The van der Waals surface area contributed by atoms with E-state index in [4.69, 9.17) is 19.2 Å². The Morgan fingerprint density at radius 2 is 1.64 bits per heavy atom. The van der Waals surface area contributed by atoms with Gasteiger partial charge in [0, 0.05) is 29.4 Å². The Labute approximate surface area is 192 Å². The van der Waals surface area contributed by atoms with Gasteiger partial charge in [0.25, 0.3) is 5.91 Å². The van der Waals surface area contributed by atoms with Crippen molar-refractivity contribution in [1.82, 2.24) is 14.8 Å². The van der Waals surface area contributed by atoms with Gasteiger partial charge in [0.2, 0.25) is 5.75 Å². The molecule has 0 aliphatic heterocycles. The first kappa shape index (κ1) is 22.1. The van der Waals surface area contributed by atoms with Crippen molar-refractivity contribution in [3.63, 3.8) is 0 Å². The molecule has 4 aromatic rings. The van der Waals surface area contributed by atoms with Crippen LogP contribution in [0.15, 0.2) is 54.7 Å². The number of nitrogens with one attached hydrogen (secondary N) is 1. The molecule has 0 radical (unpaired) electrons. The van der Waals surface area contributed by atoms with E-state index in [0.29, 0.717) is 45.2 Å². The number of hydrogen-bond donors (Lipinski definition) is 1. The first-order chi connectivity index (χ1) is 16.0. The lowest BCUT2D eigenvalue weighted by atomic mass is 10.1. The monoisotopic (exact) mass is 446 g/mol. The number of ether oxygens (including phenoxy) is 3. The minimum atomic E-state index is -0.294. The molecule has 1 N–H and O–H groups in total. The van der Waals surface area contributed by atoms with Gasteiger partial charge in [-0.3, -0.25) is 4.79 Å². The summed E-state index contributed by atoms with van der Waals surface area (Å²) < 4.78 is 18.0. The van der Waals surface area contributed by atoms with Gasteiger partial charge in [0.15, 0.2) is 17.1 Å². The number of nitrogens with zero attached hydrogens (tertiary/aromatic N) is 3. The third-order valence-corrected chi connectivity index (χ3v) is 5.29. The van der Waals surface area contributed by atoms with Crippen molar-refractivity contribution in [3.8, 4) is 28.5 Å². The maximum Gasteiger partial charge on any atom is 0.256 e. The van der Waals surface area contributed by atoms with Crippen molar-refractivity contribution < 1.29 is 19.0 Å². The molecule has 170 valence electrons. The second kappa shape index (κ2) is 9.20. The van der Waals surface area contributed by atoms with E-state index in [9.17, 15) is 4.79 Å². The topological polar surface area (TPSA) is 87.5 Å². The zero-order chi connectivity index (χ0) is 23.5. The number of aromatic nitrogens is 3. The highest BCUT2D eigenvalue weighted by molar-refractivity contribution is 6.12. The van der Waals surface area contributed by atoms with Crippen LogP contribution in [0.25, 0.3) is 22.3 Å². The van der Waals surface area contributed by atoms with E-state index in [2.05, 4.69) is 10.4 Å². The summed E-state index contributed by atoms with van der Waals surface area (Å²) in [6.07, 6.45) is 1.68. The second-order valence-corrected chi connectivity index (χ2v) is 7.71. The van der Waals surface area contributed by atoms with Gasteiger partial charge in [-0.05, 0) is 19.9 Å². The summed E-state index contributed by atoms with van der Waals surface area (Å²) in [7, 11) is 4.59. The molecule has 2 aromatic heterocycles. The van der Waals surface area contributed by atoms with Crippen LogP contribution in [0.5, 0.6) is 17.2 Å². The molecule has 0 saturated carbocycles. The Morgan fingerprint density at radius 1 is 0.970 bits per heavy atom. The summed E-state index contributed by atoms with van der Waals surface area (Å²) in [5.74, 6) is 1.06. The van der Waals surface area contributed by atoms with E-state index in [1.807, 2.05) is 48.9 Å². The minimum absolute atomic E-state index is 0.0899. The standard InChI is InChI=1S/C25H26N4O4/c1-15(2)29-24-19(14-26-29)18(13-20(28-24)16-9-7-6-8-10-16)25(30)27-17-11-21(31-3)23(33-5)22(12-17)32-4/h6-15H,1-5H3,(H,27,30). The summed E-state index contributed by atoms with van der Waals surface area (Å²) in [6.45, 7) is 4.05. The summed E-state index contributed by atoms with van der Waals surface area (Å²) in [6, 6.07) is 15.0. The number of benzene rings is 2. The van der Waals surface area contributed by atoms with Crippen LogP contribution in [0.4, 0.5) is 5.69 Å². The minimum Gasteiger partial charge on any atom is -0.493 e. The number of pyridine rings is 1. The molecule has 0 aliphatic carbocycles. The van der Waals surface area contributed by atoms with Crippen LogP contribution in [0.2, 0.25) is 0 Å². The largest absolute Gasteiger partial charge is 0.493 e. The Hall–Kier alpha value is -4.07. The van der Waals surface area contributed by atoms with Gasteiger partial charge in [-0.1, -0.05) is 30.3 Å². The molecule has 0 atom stereocenters. The molecule has 4 rings (SSSR count). The second-order valence-electron chi connectivity index (χ2n) is 7.71. The fourth-order valence-electron chi connectivity index (χ4n) is 3.69. The summed E-state index contributed by atoms with van der Waals surface area (Å²) in [5, 5.41) is 8.10. The lowest BCUT2D eigenvalue weighted by molar-refractivity contribution is 0.102. The van der Waals surface area contributed by atoms with Crippen LogP contribution >= 0.6 is 0 Å². The van der Waals surface area contributed by atoms with Crippen LogP contribution in [-0.4, -0.2) is 42.0 Å². The number of carbonyl (C=O) groups is 1. The molecule has 2 heterocycles. The quantitative estimate of drug-likeness (QED) is 0.432. The van der Waals surface area contributed by atoms with E-state index in [0.717, 1.165) is 5.56 Å². The van der Waals surface area contributed by atoms with Gasteiger partial charge in [-0.25, -0.2) is 9.67 Å². The lowest BCUT2D eigenvalue weighted by Crippen LogP contribution is -2.14. The van der Waals surface area contributed by atoms with Gasteiger partial charge >= 0.3 is 0 Å². The zero-order valence-electron chi connectivity index (χ0n) is 19.2. The van der Waals surface area contributed by atoms with Crippen LogP contribution in [0, 0.1) is 0 Å². The van der Waals surface area contributed by atoms with E-state index in [-0.39, 0.29) is 11.9 Å². The highest BCUT2D eigenvalue weighted by Crippen LogP contribution is 2.40. The van der Waals surface area contributed by atoms with Crippen LogP contribution < -0.4 is 19.5 Å². The number of fused-ring (bicyclic) bond motifs is 1. The highest BCUT2D eigenvalue weighted by Gasteiger charge is 2.20. The lowest BCUT2D eigenvalue weighted by Gasteiger charge is -2.15. The van der Waals surface area contributed by atoms with Crippen molar-refractivity contribution in [2.24, 2.45) is 0 Å². The molecule has 0 fully saturated rings. The van der Waals surface area contributed by atoms with E-state index in [1.54, 1.807) is 24.4 Å². The molecule has 2 aromatic carbocycles. The number of anilines is 1. The fourth-order valence-corrected chi connectivity index (χ4v) is 3.69.